The number of carbonyl (C=O) groups is 1. The fraction of sp³-hybridized carbons (Fsp3) is 0.0909. The molecule has 1 aromatic carbocycles. The van der Waals surface area contributed by atoms with Crippen molar-refractivity contribution in [3.05, 3.63) is 48.0 Å². The molecule has 0 aliphatic rings. The van der Waals surface area contributed by atoms with E-state index in [1.54, 1.807) is 12.3 Å². The largest absolute Gasteiger partial charge is 0.294 e. The second-order valence-electron chi connectivity index (χ2n) is 3.09. The summed E-state index contributed by atoms with van der Waals surface area (Å²) in [5, 5.41) is 3.95. The molecule has 0 saturated carbocycles. The Morgan fingerprint density at radius 1 is 1.53 bits per heavy atom. The van der Waals surface area contributed by atoms with Crippen LogP contribution in [-0.4, -0.2) is 15.6 Å². The normalized spacial score (nSPS) is 10.3. The lowest BCUT2D eigenvalue weighted by molar-refractivity contribution is 0.101. The van der Waals surface area contributed by atoms with E-state index in [0.717, 1.165) is 0 Å². The van der Waals surface area contributed by atoms with Crippen LogP contribution in [0.2, 0.25) is 0 Å². The summed E-state index contributed by atoms with van der Waals surface area (Å²) in [4.78, 5) is 11.3. The Balaban J connectivity index is 2.61. The molecule has 75 valence electrons. The highest BCUT2D eigenvalue weighted by Gasteiger charge is 2.10. The van der Waals surface area contributed by atoms with Crippen molar-refractivity contribution in [2.24, 2.45) is 0 Å². The van der Waals surface area contributed by atoms with Crippen LogP contribution in [0.5, 0.6) is 0 Å². The van der Waals surface area contributed by atoms with Gasteiger partial charge >= 0.3 is 0 Å². The van der Waals surface area contributed by atoms with E-state index in [0.29, 0.717) is 11.3 Å². The highest BCUT2D eigenvalue weighted by atomic mass is 19.1. The maximum Gasteiger partial charge on any atom is 0.162 e. The predicted molar refractivity (Wildman–Crippen MR) is 52.4 cm³/mol. The third kappa shape index (κ3) is 1.79. The van der Waals surface area contributed by atoms with Crippen LogP contribution in [0.15, 0.2) is 30.5 Å². The van der Waals surface area contributed by atoms with Crippen molar-refractivity contribution in [2.75, 3.05) is 0 Å². The van der Waals surface area contributed by atoms with Gasteiger partial charge < -0.3 is 0 Å². The topological polar surface area (TPSA) is 34.9 Å². The number of benzene rings is 1. The van der Waals surface area contributed by atoms with Crippen molar-refractivity contribution in [2.45, 2.75) is 6.92 Å². The maximum absolute atomic E-state index is 13.0. The summed E-state index contributed by atoms with van der Waals surface area (Å²) < 4.78 is 14.4. The van der Waals surface area contributed by atoms with Crippen LogP contribution >= 0.6 is 0 Å². The molecule has 2 aromatic rings. The first-order valence-corrected chi connectivity index (χ1v) is 4.41. The quantitative estimate of drug-likeness (QED) is 0.700. The van der Waals surface area contributed by atoms with Gasteiger partial charge in [-0.25, -0.2) is 9.07 Å². The summed E-state index contributed by atoms with van der Waals surface area (Å²) >= 11 is 0. The highest BCUT2D eigenvalue weighted by molar-refractivity contribution is 5.97. The molecule has 2 rings (SSSR count). The summed E-state index contributed by atoms with van der Waals surface area (Å²) in [5.74, 6) is -0.635. The summed E-state index contributed by atoms with van der Waals surface area (Å²) in [6.45, 7) is 1.39. The van der Waals surface area contributed by atoms with Gasteiger partial charge in [0.05, 0.1) is 18.1 Å². The molecule has 0 spiro atoms. The summed E-state index contributed by atoms with van der Waals surface area (Å²) in [6, 6.07) is 5.62. The Morgan fingerprint density at radius 3 is 2.93 bits per heavy atom. The zero-order valence-electron chi connectivity index (χ0n) is 8.07. The van der Waals surface area contributed by atoms with E-state index in [1.807, 2.05) is 0 Å². The molecule has 0 aliphatic heterocycles. The molecular weight excluding hydrogens is 195 g/mol. The Bertz CT molecular complexity index is 491. The predicted octanol–water partition coefficient (Wildman–Crippen LogP) is 2.01. The molecule has 0 fully saturated rings. The van der Waals surface area contributed by atoms with E-state index in [1.165, 1.54) is 29.8 Å². The van der Waals surface area contributed by atoms with Gasteiger partial charge in [0.25, 0.3) is 0 Å². The minimum Gasteiger partial charge on any atom is -0.294 e. The summed E-state index contributed by atoms with van der Waals surface area (Å²) in [7, 11) is 0. The van der Waals surface area contributed by atoms with Crippen molar-refractivity contribution in [1.82, 2.24) is 9.78 Å². The molecule has 0 N–H and O–H groups in total. The molecule has 1 heterocycles. The van der Waals surface area contributed by atoms with Gasteiger partial charge in [-0.2, -0.15) is 5.10 Å². The van der Waals surface area contributed by atoms with Crippen LogP contribution < -0.4 is 0 Å². The molecule has 0 atom stereocenters. The minimum atomic E-state index is -0.434. The van der Waals surface area contributed by atoms with E-state index in [2.05, 4.69) is 11.3 Å². The number of ketones is 1. The van der Waals surface area contributed by atoms with Crippen LogP contribution in [0.25, 0.3) is 5.69 Å². The molecule has 0 unspecified atom stereocenters. The number of hydrogen-bond donors (Lipinski definition) is 0. The second-order valence-corrected chi connectivity index (χ2v) is 3.09. The van der Waals surface area contributed by atoms with Gasteiger partial charge in [0.15, 0.2) is 5.78 Å². The van der Waals surface area contributed by atoms with Crippen LogP contribution in [0, 0.1) is 12.0 Å². The molecule has 0 aliphatic carbocycles. The molecule has 3 nitrogen and oxygen atoms in total. The van der Waals surface area contributed by atoms with Crippen LogP contribution in [0.4, 0.5) is 4.39 Å². The standard InChI is InChI=1S/C11H8FN2O/c1-8(15)10-7-9(12)3-4-11(10)14-6-2-5-13-14/h2-5,7H,1H3. The van der Waals surface area contributed by atoms with E-state index in [4.69, 9.17) is 0 Å². The third-order valence-corrected chi connectivity index (χ3v) is 2.02. The monoisotopic (exact) mass is 203 g/mol. The van der Waals surface area contributed by atoms with Crippen LogP contribution in [-0.2, 0) is 0 Å². The SMILES string of the molecule is CC(=O)c1cc(F)ccc1-n1[c]ccn1. The van der Waals surface area contributed by atoms with Gasteiger partial charge in [-0.05, 0) is 31.2 Å². The third-order valence-electron chi connectivity index (χ3n) is 2.02. The average Bonchev–Trinajstić information content (AvgIpc) is 2.70. The van der Waals surface area contributed by atoms with Gasteiger partial charge in [0.1, 0.15) is 5.82 Å². The number of halogens is 1. The zero-order chi connectivity index (χ0) is 10.8. The molecule has 0 saturated heterocycles. The van der Waals surface area contributed by atoms with Crippen molar-refractivity contribution in [3.63, 3.8) is 0 Å². The van der Waals surface area contributed by atoms with E-state index >= 15 is 0 Å². The molecular formula is C11H8FN2O. The number of Topliss-reactive ketones (excluding diaryl/α,β-unsaturated/α-hetero) is 1. The van der Waals surface area contributed by atoms with E-state index < -0.39 is 5.82 Å². The number of carbonyl (C=O) groups excluding carboxylic acids is 1. The summed E-state index contributed by atoms with van der Waals surface area (Å²) in [6.07, 6.45) is 4.35. The van der Waals surface area contributed by atoms with Crippen molar-refractivity contribution in [1.29, 1.82) is 0 Å². The molecule has 1 aromatic heterocycles. The lowest BCUT2D eigenvalue weighted by Gasteiger charge is -2.06. The smallest absolute Gasteiger partial charge is 0.162 e. The van der Waals surface area contributed by atoms with Gasteiger partial charge in [0, 0.05) is 5.56 Å². The van der Waals surface area contributed by atoms with Crippen LogP contribution in [0.3, 0.4) is 0 Å². The molecule has 0 amide bonds. The second kappa shape index (κ2) is 3.65. The fourth-order valence-corrected chi connectivity index (χ4v) is 1.34. The molecule has 0 bridgehead atoms. The van der Waals surface area contributed by atoms with Crippen molar-refractivity contribution < 1.29 is 9.18 Å². The highest BCUT2D eigenvalue weighted by Crippen LogP contribution is 2.15. The van der Waals surface area contributed by atoms with Gasteiger partial charge in [-0.1, -0.05) is 0 Å². The van der Waals surface area contributed by atoms with Crippen LogP contribution in [0.1, 0.15) is 17.3 Å². The Kier molecular flexibility index (Phi) is 2.33. The Labute approximate surface area is 86.2 Å². The molecule has 4 heteroatoms. The number of nitrogens with zero attached hydrogens (tertiary/aromatic N) is 2. The first-order chi connectivity index (χ1) is 7.18. The number of aromatic nitrogens is 2. The maximum atomic E-state index is 13.0. The Hall–Kier alpha value is -1.97. The van der Waals surface area contributed by atoms with Gasteiger partial charge in [0.2, 0.25) is 0 Å². The van der Waals surface area contributed by atoms with Gasteiger partial charge in [-0.3, -0.25) is 4.79 Å². The van der Waals surface area contributed by atoms with Gasteiger partial charge in [-0.15, -0.1) is 0 Å². The molecule has 1 radical (unpaired) electrons. The van der Waals surface area contributed by atoms with E-state index in [-0.39, 0.29) is 5.78 Å². The number of rotatable bonds is 2. The molecule has 15 heavy (non-hydrogen) atoms. The lowest BCUT2D eigenvalue weighted by Crippen LogP contribution is -2.04. The fourth-order valence-electron chi connectivity index (χ4n) is 1.34. The van der Waals surface area contributed by atoms with E-state index in [9.17, 15) is 9.18 Å². The average molecular weight is 203 g/mol. The zero-order valence-corrected chi connectivity index (χ0v) is 8.07. The number of hydrogen-bond acceptors (Lipinski definition) is 2. The summed E-state index contributed by atoms with van der Waals surface area (Å²) in [5.41, 5.74) is 0.837. The lowest BCUT2D eigenvalue weighted by atomic mass is 10.1. The Morgan fingerprint density at radius 2 is 2.33 bits per heavy atom. The first-order valence-electron chi connectivity index (χ1n) is 4.41. The minimum absolute atomic E-state index is 0.201. The first kappa shape index (κ1) is 9.58. The van der Waals surface area contributed by atoms with Crippen molar-refractivity contribution in [3.8, 4) is 5.69 Å². The van der Waals surface area contributed by atoms with Crippen molar-refractivity contribution >= 4 is 5.78 Å².